The van der Waals surface area contributed by atoms with Crippen molar-refractivity contribution in [1.82, 2.24) is 15.5 Å². The van der Waals surface area contributed by atoms with E-state index in [0.29, 0.717) is 22.3 Å². The van der Waals surface area contributed by atoms with Crippen LogP contribution in [0.5, 0.6) is 0 Å². The van der Waals surface area contributed by atoms with Crippen LogP contribution in [0.25, 0.3) is 0 Å². The normalized spacial score (nSPS) is 10.4. The maximum Gasteiger partial charge on any atom is 0.266 e. The van der Waals surface area contributed by atoms with Crippen molar-refractivity contribution in [2.75, 3.05) is 11.1 Å². The summed E-state index contributed by atoms with van der Waals surface area (Å²) in [6.45, 7) is 2.53. The number of aromatic nitrogens is 2. The Hall–Kier alpha value is -2.71. The fraction of sp³-hybridized carbons (Fsp3) is 0.158. The molecule has 1 aromatic carbocycles. The minimum Gasteiger partial charge on any atom is -0.351 e. The average molecular weight is 399 g/mol. The molecule has 27 heavy (non-hydrogen) atoms. The monoisotopic (exact) mass is 398 g/mol. The van der Waals surface area contributed by atoms with Crippen molar-refractivity contribution in [3.63, 3.8) is 0 Å². The summed E-state index contributed by atoms with van der Waals surface area (Å²) in [4.78, 5) is 24.5. The fourth-order valence-electron chi connectivity index (χ4n) is 2.15. The maximum absolute atomic E-state index is 12.0. The van der Waals surface area contributed by atoms with Gasteiger partial charge in [-0.15, -0.1) is 21.5 Å². The van der Waals surface area contributed by atoms with Crippen LogP contribution in [0.1, 0.15) is 20.8 Å². The molecule has 138 valence electrons. The molecule has 0 atom stereocenters. The zero-order chi connectivity index (χ0) is 19.1. The standard InChI is InChI=1S/C19H18N4O2S2/c1-13-4-6-14(7-5-13)11-20-17(24)12-27-18-9-8-16(22-23-18)21-19(25)15-3-2-10-26-15/h2-10H,11-12H2,1H3,(H,20,24)(H,21,22,25). The van der Waals surface area contributed by atoms with E-state index in [1.54, 1.807) is 18.2 Å². The van der Waals surface area contributed by atoms with E-state index in [-0.39, 0.29) is 17.6 Å². The van der Waals surface area contributed by atoms with Crippen LogP contribution < -0.4 is 10.6 Å². The smallest absolute Gasteiger partial charge is 0.266 e. The van der Waals surface area contributed by atoms with Crippen LogP contribution in [0.2, 0.25) is 0 Å². The maximum atomic E-state index is 12.0. The summed E-state index contributed by atoms with van der Waals surface area (Å²) in [7, 11) is 0. The van der Waals surface area contributed by atoms with Crippen molar-refractivity contribution in [2.24, 2.45) is 0 Å². The Bertz CT molecular complexity index is 894. The average Bonchev–Trinajstić information content (AvgIpc) is 3.22. The third-order valence-electron chi connectivity index (χ3n) is 3.59. The Morgan fingerprint density at radius 2 is 1.89 bits per heavy atom. The van der Waals surface area contributed by atoms with Gasteiger partial charge in [-0.05, 0) is 36.1 Å². The number of amides is 2. The lowest BCUT2D eigenvalue weighted by molar-refractivity contribution is -0.118. The molecule has 0 spiro atoms. The molecule has 3 rings (SSSR count). The summed E-state index contributed by atoms with van der Waals surface area (Å²) < 4.78 is 0. The molecule has 2 amide bonds. The van der Waals surface area contributed by atoms with Gasteiger partial charge in [-0.25, -0.2) is 0 Å². The molecular formula is C19H18N4O2S2. The number of nitrogens with one attached hydrogen (secondary N) is 2. The van der Waals surface area contributed by atoms with Gasteiger partial charge in [-0.2, -0.15) is 0 Å². The Morgan fingerprint density at radius 1 is 1.07 bits per heavy atom. The van der Waals surface area contributed by atoms with Gasteiger partial charge in [0.2, 0.25) is 5.91 Å². The lowest BCUT2D eigenvalue weighted by Crippen LogP contribution is -2.24. The van der Waals surface area contributed by atoms with Crippen molar-refractivity contribution in [3.8, 4) is 0 Å². The highest BCUT2D eigenvalue weighted by molar-refractivity contribution is 7.99. The van der Waals surface area contributed by atoms with Crippen molar-refractivity contribution in [2.45, 2.75) is 18.5 Å². The number of thioether (sulfide) groups is 1. The first kappa shape index (κ1) is 19.1. The molecule has 2 N–H and O–H groups in total. The zero-order valence-electron chi connectivity index (χ0n) is 14.6. The molecule has 0 unspecified atom stereocenters. The van der Waals surface area contributed by atoms with Crippen molar-refractivity contribution >= 4 is 40.7 Å². The van der Waals surface area contributed by atoms with Gasteiger partial charge in [0.1, 0.15) is 5.03 Å². The number of rotatable bonds is 7. The number of hydrogen-bond acceptors (Lipinski definition) is 6. The number of nitrogens with zero attached hydrogens (tertiary/aromatic N) is 2. The molecule has 0 saturated heterocycles. The highest BCUT2D eigenvalue weighted by Crippen LogP contribution is 2.16. The number of carbonyl (C=O) groups is 2. The van der Waals surface area contributed by atoms with Gasteiger partial charge in [0.15, 0.2) is 5.82 Å². The molecule has 0 radical (unpaired) electrons. The summed E-state index contributed by atoms with van der Waals surface area (Å²) in [6, 6.07) is 15.0. The van der Waals surface area contributed by atoms with E-state index >= 15 is 0 Å². The number of carbonyl (C=O) groups excluding carboxylic acids is 2. The first-order chi connectivity index (χ1) is 13.1. The van der Waals surface area contributed by atoms with Crippen LogP contribution in [0.15, 0.2) is 58.9 Å². The summed E-state index contributed by atoms with van der Waals surface area (Å²) in [5.74, 6) is 0.343. The lowest BCUT2D eigenvalue weighted by atomic mass is 10.1. The van der Waals surface area contributed by atoms with E-state index in [9.17, 15) is 9.59 Å². The molecule has 0 aliphatic rings. The number of aryl methyl sites for hydroxylation is 1. The fourth-order valence-corrected chi connectivity index (χ4v) is 3.41. The second kappa shape index (κ2) is 9.29. The van der Waals surface area contributed by atoms with E-state index in [4.69, 9.17) is 0 Å². The van der Waals surface area contributed by atoms with Crippen molar-refractivity contribution in [1.29, 1.82) is 0 Å². The van der Waals surface area contributed by atoms with E-state index in [2.05, 4.69) is 20.8 Å². The van der Waals surface area contributed by atoms with Crippen molar-refractivity contribution in [3.05, 3.63) is 69.9 Å². The summed E-state index contributed by atoms with van der Waals surface area (Å²) in [5, 5.41) is 16.0. The van der Waals surface area contributed by atoms with Gasteiger partial charge in [0.05, 0.1) is 10.6 Å². The minimum absolute atomic E-state index is 0.0718. The van der Waals surface area contributed by atoms with Gasteiger partial charge in [-0.3, -0.25) is 9.59 Å². The van der Waals surface area contributed by atoms with Crippen LogP contribution in [-0.2, 0) is 11.3 Å². The van der Waals surface area contributed by atoms with Gasteiger partial charge < -0.3 is 10.6 Å². The van der Waals surface area contributed by atoms with E-state index in [1.807, 2.05) is 42.6 Å². The van der Waals surface area contributed by atoms with Crippen LogP contribution in [-0.4, -0.2) is 27.8 Å². The predicted molar refractivity (Wildman–Crippen MR) is 108 cm³/mol. The van der Waals surface area contributed by atoms with E-state index < -0.39 is 0 Å². The Labute approximate surface area is 165 Å². The Morgan fingerprint density at radius 3 is 2.56 bits per heavy atom. The first-order valence-corrected chi connectivity index (χ1v) is 10.1. The highest BCUT2D eigenvalue weighted by Gasteiger charge is 2.09. The topological polar surface area (TPSA) is 84.0 Å². The molecule has 3 aromatic rings. The molecule has 0 bridgehead atoms. The minimum atomic E-state index is -0.213. The van der Waals surface area contributed by atoms with Gasteiger partial charge >= 0.3 is 0 Å². The van der Waals surface area contributed by atoms with Crippen LogP contribution in [0.4, 0.5) is 5.82 Å². The van der Waals surface area contributed by atoms with Crippen LogP contribution in [0.3, 0.4) is 0 Å². The molecule has 0 aliphatic heterocycles. The number of thiophene rings is 1. The quantitative estimate of drug-likeness (QED) is 0.595. The van der Waals surface area contributed by atoms with Gasteiger partial charge in [0.25, 0.3) is 5.91 Å². The Balaban J connectivity index is 1.43. The third-order valence-corrected chi connectivity index (χ3v) is 5.38. The number of anilines is 1. The lowest BCUT2D eigenvalue weighted by Gasteiger charge is -2.06. The van der Waals surface area contributed by atoms with E-state index in [1.165, 1.54) is 28.7 Å². The SMILES string of the molecule is Cc1ccc(CNC(=O)CSc2ccc(NC(=O)c3cccs3)nn2)cc1. The molecule has 2 heterocycles. The number of hydrogen-bond donors (Lipinski definition) is 2. The summed E-state index contributed by atoms with van der Waals surface area (Å²) in [6.07, 6.45) is 0. The second-order valence-corrected chi connectivity index (χ2v) is 7.68. The zero-order valence-corrected chi connectivity index (χ0v) is 16.3. The molecular weight excluding hydrogens is 380 g/mol. The Kier molecular flexibility index (Phi) is 6.56. The van der Waals surface area contributed by atoms with Crippen molar-refractivity contribution < 1.29 is 9.59 Å². The predicted octanol–water partition coefficient (Wildman–Crippen LogP) is 3.51. The second-order valence-electron chi connectivity index (χ2n) is 5.74. The third kappa shape index (κ3) is 5.90. The van der Waals surface area contributed by atoms with Gasteiger partial charge in [0, 0.05) is 6.54 Å². The largest absolute Gasteiger partial charge is 0.351 e. The molecule has 6 nitrogen and oxygen atoms in total. The summed E-state index contributed by atoms with van der Waals surface area (Å²) in [5.41, 5.74) is 2.25. The van der Waals surface area contributed by atoms with E-state index in [0.717, 1.165) is 5.56 Å². The molecule has 8 heteroatoms. The van der Waals surface area contributed by atoms with Crippen LogP contribution in [0, 0.1) is 6.92 Å². The molecule has 2 aromatic heterocycles. The molecule has 0 fully saturated rings. The molecule has 0 aliphatic carbocycles. The molecule has 0 saturated carbocycles. The highest BCUT2D eigenvalue weighted by atomic mass is 32.2. The first-order valence-electron chi connectivity index (χ1n) is 8.24. The van der Waals surface area contributed by atoms with Gasteiger partial charge in [-0.1, -0.05) is 47.7 Å². The van der Waals surface area contributed by atoms with Crippen LogP contribution >= 0.6 is 23.1 Å². The summed E-state index contributed by atoms with van der Waals surface area (Å²) >= 11 is 2.65. The number of benzene rings is 1.